The molecular weight excluding hydrogens is 216 g/mol. The van der Waals surface area contributed by atoms with Crippen molar-refractivity contribution in [3.8, 4) is 0 Å². The highest BCUT2D eigenvalue weighted by Gasteiger charge is 2.20. The van der Waals surface area contributed by atoms with Gasteiger partial charge in [-0.15, -0.1) is 0 Å². The van der Waals surface area contributed by atoms with E-state index in [0.717, 1.165) is 0 Å². The molecule has 0 radical (unpaired) electrons. The Bertz CT molecular complexity index is 348. The average molecular weight is 236 g/mol. The van der Waals surface area contributed by atoms with Crippen molar-refractivity contribution >= 4 is 5.97 Å². The minimum absolute atomic E-state index is 0.0165. The fraction of sp³-hybridized carbons (Fsp3) is 0.500. The first kappa shape index (κ1) is 13.7. The summed E-state index contributed by atoms with van der Waals surface area (Å²) in [5.41, 5.74) is 1.18. The molecule has 0 aliphatic heterocycles. The SMILES string of the molecule is CC(CC(O)C(C)CC(=O)O)c1ccccc1. The summed E-state index contributed by atoms with van der Waals surface area (Å²) >= 11 is 0. The molecule has 0 heterocycles. The maximum Gasteiger partial charge on any atom is 0.303 e. The third-order valence-corrected chi connectivity index (χ3v) is 3.12. The second-order valence-electron chi connectivity index (χ2n) is 4.69. The molecule has 0 spiro atoms. The van der Waals surface area contributed by atoms with Crippen LogP contribution in [0.25, 0.3) is 0 Å². The van der Waals surface area contributed by atoms with Crippen LogP contribution in [-0.4, -0.2) is 22.3 Å². The summed E-state index contributed by atoms with van der Waals surface area (Å²) in [5, 5.41) is 18.6. The van der Waals surface area contributed by atoms with E-state index >= 15 is 0 Å². The maximum absolute atomic E-state index is 10.6. The zero-order valence-electron chi connectivity index (χ0n) is 10.3. The van der Waals surface area contributed by atoms with Gasteiger partial charge in [-0.1, -0.05) is 44.2 Å². The van der Waals surface area contributed by atoms with Gasteiger partial charge in [-0.25, -0.2) is 0 Å². The highest BCUT2D eigenvalue weighted by Crippen LogP contribution is 2.24. The number of carboxylic acids is 1. The summed E-state index contributed by atoms with van der Waals surface area (Å²) in [6.07, 6.45) is 0.0440. The van der Waals surface area contributed by atoms with Gasteiger partial charge in [-0.2, -0.15) is 0 Å². The summed E-state index contributed by atoms with van der Waals surface area (Å²) in [6.45, 7) is 3.82. The van der Waals surface area contributed by atoms with Crippen molar-refractivity contribution in [2.24, 2.45) is 5.92 Å². The van der Waals surface area contributed by atoms with Gasteiger partial charge in [0, 0.05) is 0 Å². The second-order valence-corrected chi connectivity index (χ2v) is 4.69. The Hall–Kier alpha value is -1.35. The molecule has 0 aliphatic rings. The smallest absolute Gasteiger partial charge is 0.303 e. The van der Waals surface area contributed by atoms with Crippen LogP contribution in [0.4, 0.5) is 0 Å². The fourth-order valence-corrected chi connectivity index (χ4v) is 1.92. The van der Waals surface area contributed by atoms with Gasteiger partial charge < -0.3 is 10.2 Å². The van der Waals surface area contributed by atoms with E-state index in [1.807, 2.05) is 37.3 Å². The second kappa shape index (κ2) is 6.40. The van der Waals surface area contributed by atoms with Crippen LogP contribution in [0.2, 0.25) is 0 Å². The van der Waals surface area contributed by atoms with Crippen molar-refractivity contribution in [2.45, 2.75) is 38.7 Å². The molecule has 17 heavy (non-hydrogen) atoms. The Kier molecular flexibility index (Phi) is 5.16. The Balaban J connectivity index is 2.51. The Morgan fingerprint density at radius 3 is 2.35 bits per heavy atom. The van der Waals surface area contributed by atoms with Gasteiger partial charge in [0.1, 0.15) is 0 Å². The molecule has 0 amide bonds. The van der Waals surface area contributed by atoms with Crippen LogP contribution in [0, 0.1) is 5.92 Å². The molecule has 0 bridgehead atoms. The van der Waals surface area contributed by atoms with E-state index in [2.05, 4.69) is 0 Å². The summed E-state index contributed by atoms with van der Waals surface area (Å²) in [4.78, 5) is 10.6. The minimum atomic E-state index is -0.857. The van der Waals surface area contributed by atoms with Crippen molar-refractivity contribution < 1.29 is 15.0 Å². The molecule has 94 valence electrons. The number of hydrogen-bond acceptors (Lipinski definition) is 2. The molecule has 1 aromatic rings. The number of rotatable bonds is 6. The topological polar surface area (TPSA) is 57.5 Å². The van der Waals surface area contributed by atoms with Crippen molar-refractivity contribution in [1.82, 2.24) is 0 Å². The van der Waals surface area contributed by atoms with Gasteiger partial charge in [-0.05, 0) is 23.8 Å². The third kappa shape index (κ3) is 4.57. The van der Waals surface area contributed by atoms with E-state index in [1.54, 1.807) is 6.92 Å². The van der Waals surface area contributed by atoms with Gasteiger partial charge in [0.2, 0.25) is 0 Å². The lowest BCUT2D eigenvalue weighted by Gasteiger charge is -2.21. The van der Waals surface area contributed by atoms with Crippen LogP contribution < -0.4 is 0 Å². The van der Waals surface area contributed by atoms with E-state index < -0.39 is 12.1 Å². The molecule has 0 saturated carbocycles. The Morgan fingerprint density at radius 1 is 1.24 bits per heavy atom. The normalized spacial score (nSPS) is 16.2. The van der Waals surface area contributed by atoms with Crippen molar-refractivity contribution in [1.29, 1.82) is 0 Å². The number of aliphatic carboxylic acids is 1. The van der Waals surface area contributed by atoms with Crippen LogP contribution in [0.5, 0.6) is 0 Å². The van der Waals surface area contributed by atoms with Gasteiger partial charge in [0.25, 0.3) is 0 Å². The molecule has 0 aliphatic carbocycles. The largest absolute Gasteiger partial charge is 0.481 e. The molecule has 0 saturated heterocycles. The van der Waals surface area contributed by atoms with E-state index in [1.165, 1.54) is 5.56 Å². The molecule has 0 fully saturated rings. The Morgan fingerprint density at radius 2 is 1.82 bits per heavy atom. The third-order valence-electron chi connectivity index (χ3n) is 3.12. The number of carbonyl (C=O) groups is 1. The lowest BCUT2D eigenvalue weighted by Crippen LogP contribution is -2.22. The van der Waals surface area contributed by atoms with Crippen LogP contribution in [0.3, 0.4) is 0 Å². The summed E-state index contributed by atoms with van der Waals surface area (Å²) < 4.78 is 0. The van der Waals surface area contributed by atoms with Gasteiger partial charge >= 0.3 is 5.97 Å². The Labute approximate surface area is 102 Å². The lowest BCUT2D eigenvalue weighted by atomic mass is 9.89. The highest BCUT2D eigenvalue weighted by molar-refractivity contribution is 5.67. The molecule has 3 heteroatoms. The summed E-state index contributed by atoms with van der Waals surface area (Å²) in [5.74, 6) is -0.829. The molecule has 0 aromatic heterocycles. The number of aliphatic hydroxyl groups excluding tert-OH is 1. The predicted octanol–water partition coefficient (Wildman–Crippen LogP) is 2.65. The van der Waals surface area contributed by atoms with Crippen LogP contribution >= 0.6 is 0 Å². The number of aliphatic hydroxyl groups is 1. The van der Waals surface area contributed by atoms with E-state index in [0.29, 0.717) is 6.42 Å². The lowest BCUT2D eigenvalue weighted by molar-refractivity contribution is -0.139. The maximum atomic E-state index is 10.6. The number of hydrogen-bond donors (Lipinski definition) is 2. The zero-order valence-corrected chi connectivity index (χ0v) is 10.3. The number of benzene rings is 1. The first-order valence-corrected chi connectivity index (χ1v) is 5.95. The van der Waals surface area contributed by atoms with E-state index in [9.17, 15) is 9.90 Å². The van der Waals surface area contributed by atoms with E-state index in [-0.39, 0.29) is 18.3 Å². The monoisotopic (exact) mass is 236 g/mol. The first-order valence-electron chi connectivity index (χ1n) is 5.95. The zero-order chi connectivity index (χ0) is 12.8. The van der Waals surface area contributed by atoms with Crippen LogP contribution in [0.15, 0.2) is 30.3 Å². The van der Waals surface area contributed by atoms with Crippen molar-refractivity contribution in [3.05, 3.63) is 35.9 Å². The molecule has 3 atom stereocenters. The quantitative estimate of drug-likeness (QED) is 0.798. The first-order chi connectivity index (χ1) is 8.00. The summed E-state index contributed by atoms with van der Waals surface area (Å²) in [6, 6.07) is 9.95. The molecular formula is C14H20O3. The number of carboxylic acid groups (broad SMARTS) is 1. The van der Waals surface area contributed by atoms with Crippen LogP contribution in [0.1, 0.15) is 38.2 Å². The molecule has 1 aromatic carbocycles. The van der Waals surface area contributed by atoms with E-state index in [4.69, 9.17) is 5.11 Å². The highest BCUT2D eigenvalue weighted by atomic mass is 16.4. The average Bonchev–Trinajstić information content (AvgIpc) is 2.29. The fourth-order valence-electron chi connectivity index (χ4n) is 1.92. The van der Waals surface area contributed by atoms with Gasteiger partial charge in [0.15, 0.2) is 0 Å². The standard InChI is InChI=1S/C14H20O3/c1-10(12-6-4-3-5-7-12)8-13(15)11(2)9-14(16)17/h3-7,10-11,13,15H,8-9H2,1-2H3,(H,16,17). The predicted molar refractivity (Wildman–Crippen MR) is 66.9 cm³/mol. The molecule has 3 nitrogen and oxygen atoms in total. The van der Waals surface area contributed by atoms with Crippen LogP contribution in [-0.2, 0) is 4.79 Å². The van der Waals surface area contributed by atoms with Crippen molar-refractivity contribution in [2.75, 3.05) is 0 Å². The molecule has 2 N–H and O–H groups in total. The summed E-state index contributed by atoms with van der Waals surface area (Å²) in [7, 11) is 0. The van der Waals surface area contributed by atoms with Gasteiger partial charge in [0.05, 0.1) is 12.5 Å². The molecule has 3 unspecified atom stereocenters. The minimum Gasteiger partial charge on any atom is -0.481 e. The molecule has 1 rings (SSSR count). The van der Waals surface area contributed by atoms with Gasteiger partial charge in [-0.3, -0.25) is 4.79 Å². The van der Waals surface area contributed by atoms with Crippen molar-refractivity contribution in [3.63, 3.8) is 0 Å².